The van der Waals surface area contributed by atoms with Crippen molar-refractivity contribution in [2.24, 2.45) is 0 Å². The van der Waals surface area contributed by atoms with Crippen LogP contribution in [0.4, 0.5) is 4.79 Å². The number of ether oxygens (including phenoxy) is 1. The molecular weight excluding hydrogens is 366 g/mol. The second kappa shape index (κ2) is 8.38. The third-order valence-corrected chi connectivity index (χ3v) is 4.50. The number of benzene rings is 1. The Morgan fingerprint density at radius 1 is 1.41 bits per heavy atom. The van der Waals surface area contributed by atoms with Crippen molar-refractivity contribution in [1.82, 2.24) is 15.3 Å². The molecular formula is C20H20ClN3O3. The number of carbonyl (C=O) groups is 1. The van der Waals surface area contributed by atoms with Crippen LogP contribution in [0.2, 0.25) is 5.02 Å². The molecule has 6 nitrogen and oxygen atoms in total. The van der Waals surface area contributed by atoms with Gasteiger partial charge in [0.15, 0.2) is 0 Å². The second-order valence-corrected chi connectivity index (χ2v) is 7.05. The van der Waals surface area contributed by atoms with E-state index in [1.807, 2.05) is 12.1 Å². The van der Waals surface area contributed by atoms with Gasteiger partial charge in [0.2, 0.25) is 5.88 Å². The van der Waals surface area contributed by atoms with E-state index in [1.54, 1.807) is 19.1 Å². The van der Waals surface area contributed by atoms with Crippen LogP contribution < -0.4 is 10.1 Å². The van der Waals surface area contributed by atoms with Gasteiger partial charge in [0.25, 0.3) is 0 Å². The molecule has 1 fully saturated rings. The van der Waals surface area contributed by atoms with E-state index in [9.17, 15) is 9.90 Å². The molecule has 3 rings (SSSR count). The molecule has 1 aromatic heterocycles. The van der Waals surface area contributed by atoms with Gasteiger partial charge in [-0.3, -0.25) is 4.98 Å². The van der Waals surface area contributed by atoms with Crippen LogP contribution in [0.1, 0.15) is 36.9 Å². The number of rotatable bonds is 2. The fraction of sp³-hybridized carbons (Fsp3) is 0.350. The third-order valence-electron chi connectivity index (χ3n) is 4.27. The number of aliphatic hydroxyl groups is 1. The van der Waals surface area contributed by atoms with Gasteiger partial charge in [-0.15, -0.1) is 0 Å². The maximum absolute atomic E-state index is 12.1. The van der Waals surface area contributed by atoms with E-state index in [0.717, 1.165) is 24.1 Å². The molecule has 1 heterocycles. The smallest absolute Gasteiger partial charge is 0.390 e. The maximum atomic E-state index is 12.1. The number of aromatic nitrogens is 2. The molecule has 0 spiro atoms. The number of carbonyl (C=O) groups excluding carboxylic acids is 1. The molecule has 2 N–H and O–H groups in total. The summed E-state index contributed by atoms with van der Waals surface area (Å²) in [6.07, 6.45) is 4.67. The highest BCUT2D eigenvalue weighted by atomic mass is 35.5. The summed E-state index contributed by atoms with van der Waals surface area (Å²) in [5, 5.41) is 14.1. The molecule has 1 amide bonds. The number of halogens is 1. The molecule has 7 heteroatoms. The standard InChI is InChI=1S/C20H20ClN3O3/c1-14-12-23-18(13-22-14)27-19(25)24-17-6-3-8-20(26,11-17)9-7-15-4-2-5-16(21)10-15/h2,4-5,10,12-13,17,26H,3,6,8,11H2,1H3,(H,24,25)/t17-,20+/m1/s1. The molecule has 1 aliphatic carbocycles. The number of nitrogens with zero attached hydrogens (tertiary/aromatic N) is 2. The Labute approximate surface area is 162 Å². The zero-order valence-corrected chi connectivity index (χ0v) is 15.7. The highest BCUT2D eigenvalue weighted by Gasteiger charge is 2.33. The molecule has 2 aromatic rings. The summed E-state index contributed by atoms with van der Waals surface area (Å²) in [4.78, 5) is 20.1. The Balaban J connectivity index is 1.60. The van der Waals surface area contributed by atoms with Crippen LogP contribution >= 0.6 is 11.6 Å². The predicted molar refractivity (Wildman–Crippen MR) is 101 cm³/mol. The van der Waals surface area contributed by atoms with Crippen molar-refractivity contribution in [3.8, 4) is 17.7 Å². The normalized spacial score (nSPS) is 21.7. The second-order valence-electron chi connectivity index (χ2n) is 6.62. The minimum absolute atomic E-state index is 0.130. The molecule has 0 bridgehead atoms. The lowest BCUT2D eigenvalue weighted by Gasteiger charge is -2.33. The van der Waals surface area contributed by atoms with Crippen LogP contribution in [0, 0.1) is 18.8 Å². The molecule has 0 unspecified atom stereocenters. The van der Waals surface area contributed by atoms with E-state index in [0.29, 0.717) is 17.9 Å². The lowest BCUT2D eigenvalue weighted by Crippen LogP contribution is -2.46. The van der Waals surface area contributed by atoms with E-state index in [1.165, 1.54) is 12.4 Å². The number of hydrogen-bond acceptors (Lipinski definition) is 5. The molecule has 0 radical (unpaired) electrons. The average Bonchev–Trinajstić information content (AvgIpc) is 2.62. The van der Waals surface area contributed by atoms with Crippen molar-refractivity contribution in [2.75, 3.05) is 0 Å². The summed E-state index contributed by atoms with van der Waals surface area (Å²) in [7, 11) is 0. The zero-order chi connectivity index (χ0) is 19.3. The van der Waals surface area contributed by atoms with Gasteiger partial charge in [-0.25, -0.2) is 9.78 Å². The lowest BCUT2D eigenvalue weighted by atomic mass is 9.82. The van der Waals surface area contributed by atoms with E-state index >= 15 is 0 Å². The molecule has 1 aromatic carbocycles. The summed E-state index contributed by atoms with van der Waals surface area (Å²) in [5.74, 6) is 6.03. The Hall–Kier alpha value is -2.62. The van der Waals surface area contributed by atoms with Gasteiger partial charge in [0.1, 0.15) is 5.60 Å². The minimum atomic E-state index is -1.16. The highest BCUT2D eigenvalue weighted by molar-refractivity contribution is 6.30. The fourth-order valence-electron chi connectivity index (χ4n) is 2.97. The summed E-state index contributed by atoms with van der Waals surface area (Å²) >= 11 is 5.96. The molecule has 140 valence electrons. The summed E-state index contributed by atoms with van der Waals surface area (Å²) in [6.45, 7) is 1.80. The first kappa shape index (κ1) is 19.2. The van der Waals surface area contributed by atoms with Gasteiger partial charge in [0.05, 0.1) is 18.1 Å². The first-order valence-electron chi connectivity index (χ1n) is 8.70. The molecule has 1 aliphatic rings. The number of aryl methyl sites for hydroxylation is 1. The van der Waals surface area contributed by atoms with E-state index in [2.05, 4.69) is 27.1 Å². The van der Waals surface area contributed by atoms with Gasteiger partial charge in [0, 0.05) is 23.0 Å². The van der Waals surface area contributed by atoms with Gasteiger partial charge in [-0.05, 0) is 44.4 Å². The highest BCUT2D eigenvalue weighted by Crippen LogP contribution is 2.28. The first-order valence-corrected chi connectivity index (χ1v) is 9.08. The van der Waals surface area contributed by atoms with Gasteiger partial charge in [-0.2, -0.15) is 0 Å². The van der Waals surface area contributed by atoms with Crippen LogP contribution in [0.5, 0.6) is 5.88 Å². The van der Waals surface area contributed by atoms with Crippen LogP contribution in [-0.2, 0) is 0 Å². The quantitative estimate of drug-likeness (QED) is 0.775. The van der Waals surface area contributed by atoms with E-state index < -0.39 is 11.7 Å². The van der Waals surface area contributed by atoms with Gasteiger partial charge < -0.3 is 15.2 Å². The van der Waals surface area contributed by atoms with Crippen molar-refractivity contribution in [1.29, 1.82) is 0 Å². The Kier molecular flexibility index (Phi) is 5.94. The molecule has 1 saturated carbocycles. The van der Waals surface area contributed by atoms with Crippen LogP contribution in [-0.4, -0.2) is 32.8 Å². The Bertz CT molecular complexity index is 876. The molecule has 0 aliphatic heterocycles. The molecule has 27 heavy (non-hydrogen) atoms. The van der Waals surface area contributed by atoms with Crippen LogP contribution in [0.25, 0.3) is 0 Å². The van der Waals surface area contributed by atoms with Crippen LogP contribution in [0.15, 0.2) is 36.7 Å². The monoisotopic (exact) mass is 385 g/mol. The summed E-state index contributed by atoms with van der Waals surface area (Å²) in [5.41, 5.74) is 0.309. The largest absolute Gasteiger partial charge is 0.414 e. The van der Waals surface area contributed by atoms with Crippen molar-refractivity contribution >= 4 is 17.7 Å². The lowest BCUT2D eigenvalue weighted by molar-refractivity contribution is 0.0472. The van der Waals surface area contributed by atoms with Crippen molar-refractivity contribution < 1.29 is 14.6 Å². The van der Waals surface area contributed by atoms with Crippen molar-refractivity contribution in [3.63, 3.8) is 0 Å². The zero-order valence-electron chi connectivity index (χ0n) is 14.9. The average molecular weight is 386 g/mol. The third kappa shape index (κ3) is 5.68. The maximum Gasteiger partial charge on any atom is 0.414 e. The number of nitrogens with one attached hydrogen (secondary N) is 1. The SMILES string of the molecule is Cc1cnc(OC(=O)N[C@@H]2CCC[C@](O)(C#Cc3cccc(Cl)c3)C2)cn1. The van der Waals surface area contributed by atoms with Crippen molar-refractivity contribution in [2.45, 2.75) is 44.2 Å². The summed E-state index contributed by atoms with van der Waals surface area (Å²) < 4.78 is 5.13. The topological polar surface area (TPSA) is 84.3 Å². The number of hydrogen-bond donors (Lipinski definition) is 2. The fourth-order valence-corrected chi connectivity index (χ4v) is 3.16. The van der Waals surface area contributed by atoms with E-state index in [-0.39, 0.29) is 11.9 Å². The number of amides is 1. The predicted octanol–water partition coefficient (Wildman–Crippen LogP) is 3.25. The van der Waals surface area contributed by atoms with E-state index in [4.69, 9.17) is 16.3 Å². The van der Waals surface area contributed by atoms with Crippen molar-refractivity contribution in [3.05, 3.63) is 52.9 Å². The van der Waals surface area contributed by atoms with Gasteiger partial charge in [-0.1, -0.05) is 29.5 Å². The summed E-state index contributed by atoms with van der Waals surface area (Å²) in [6, 6.07) is 6.93. The minimum Gasteiger partial charge on any atom is -0.390 e. The molecule has 0 saturated heterocycles. The Morgan fingerprint density at radius 2 is 2.26 bits per heavy atom. The Morgan fingerprint density at radius 3 is 3.00 bits per heavy atom. The first-order chi connectivity index (χ1) is 12.9. The molecule has 2 atom stereocenters. The van der Waals surface area contributed by atoms with Crippen LogP contribution in [0.3, 0.4) is 0 Å². The van der Waals surface area contributed by atoms with Gasteiger partial charge >= 0.3 is 6.09 Å².